The first-order valence-electron chi connectivity index (χ1n) is 17.6. The van der Waals surface area contributed by atoms with Gasteiger partial charge in [0.25, 0.3) is 0 Å². The van der Waals surface area contributed by atoms with E-state index in [1.54, 1.807) is 0 Å². The number of rotatable bonds is 4. The summed E-state index contributed by atoms with van der Waals surface area (Å²) in [5.74, 6) is 0.651. The summed E-state index contributed by atoms with van der Waals surface area (Å²) in [6, 6.07) is 62.1. The summed E-state index contributed by atoms with van der Waals surface area (Å²) < 4.78 is 8.37. The molecule has 0 radical (unpaired) electrons. The van der Waals surface area contributed by atoms with Gasteiger partial charge in [0.05, 0.1) is 22.2 Å². The molecule has 0 atom stereocenters. The maximum absolute atomic E-state index is 6.14. The molecule has 0 saturated heterocycles. The van der Waals surface area contributed by atoms with Crippen molar-refractivity contribution in [1.29, 1.82) is 0 Å². The van der Waals surface area contributed by atoms with E-state index in [0.717, 1.165) is 71.8 Å². The van der Waals surface area contributed by atoms with E-state index in [2.05, 4.69) is 162 Å². The van der Waals surface area contributed by atoms with E-state index in [0.29, 0.717) is 5.95 Å². The molecule has 8 aromatic carbocycles. The minimum atomic E-state index is 0.651. The highest BCUT2D eigenvalue weighted by atomic mass is 16.3. The molecule has 3 aromatic heterocycles. The monoisotopic (exact) mass is 663 g/mol. The SMILES string of the molecule is c1ccc(-c2cccc(-c3nc(-n4c5ccccc5c5c6cc(-c7ccc8oc9ccccc9c8c7)ccc6ccc54)nc4ccccc34)c2)cc1. The second-order valence-electron chi connectivity index (χ2n) is 13.4. The van der Waals surface area contributed by atoms with E-state index in [9.17, 15) is 0 Å². The van der Waals surface area contributed by atoms with Crippen molar-refractivity contribution in [2.24, 2.45) is 0 Å². The van der Waals surface area contributed by atoms with E-state index in [1.165, 1.54) is 27.1 Å². The van der Waals surface area contributed by atoms with Crippen LogP contribution in [0.1, 0.15) is 0 Å². The van der Waals surface area contributed by atoms with Crippen LogP contribution in [0, 0.1) is 0 Å². The topological polar surface area (TPSA) is 43.9 Å². The number of hydrogen-bond acceptors (Lipinski definition) is 3. The van der Waals surface area contributed by atoms with Crippen LogP contribution >= 0.6 is 0 Å². The molecular weight excluding hydrogens is 635 g/mol. The summed E-state index contributed by atoms with van der Waals surface area (Å²) in [6.45, 7) is 0. The molecule has 0 saturated carbocycles. The Bertz CT molecular complexity index is 3190. The van der Waals surface area contributed by atoms with Crippen LogP contribution in [0.3, 0.4) is 0 Å². The number of furan rings is 1. The molecule has 11 aromatic rings. The molecule has 0 aliphatic heterocycles. The molecule has 11 rings (SSSR count). The number of para-hydroxylation sites is 3. The maximum Gasteiger partial charge on any atom is 0.235 e. The lowest BCUT2D eigenvalue weighted by Crippen LogP contribution is -2.03. The minimum Gasteiger partial charge on any atom is -0.456 e. The summed E-state index contributed by atoms with van der Waals surface area (Å²) in [6.07, 6.45) is 0. The van der Waals surface area contributed by atoms with Gasteiger partial charge in [-0.05, 0) is 81.6 Å². The molecule has 242 valence electrons. The Morgan fingerprint density at radius 3 is 1.94 bits per heavy atom. The van der Waals surface area contributed by atoms with Crippen molar-refractivity contribution < 1.29 is 4.42 Å². The third-order valence-corrected chi connectivity index (χ3v) is 10.4. The van der Waals surface area contributed by atoms with E-state index in [1.807, 2.05) is 18.2 Å². The fourth-order valence-corrected chi connectivity index (χ4v) is 7.95. The van der Waals surface area contributed by atoms with Crippen LogP contribution in [0.15, 0.2) is 180 Å². The van der Waals surface area contributed by atoms with Crippen molar-refractivity contribution in [1.82, 2.24) is 14.5 Å². The van der Waals surface area contributed by atoms with E-state index in [-0.39, 0.29) is 0 Å². The zero-order valence-electron chi connectivity index (χ0n) is 28.0. The van der Waals surface area contributed by atoms with Gasteiger partial charge in [-0.25, -0.2) is 9.97 Å². The third-order valence-electron chi connectivity index (χ3n) is 10.4. The number of nitrogens with zero attached hydrogens (tertiary/aromatic N) is 3. The second kappa shape index (κ2) is 11.2. The van der Waals surface area contributed by atoms with Gasteiger partial charge in [0.2, 0.25) is 5.95 Å². The van der Waals surface area contributed by atoms with Gasteiger partial charge in [-0.2, -0.15) is 0 Å². The highest BCUT2D eigenvalue weighted by Gasteiger charge is 2.19. The molecule has 52 heavy (non-hydrogen) atoms. The van der Waals surface area contributed by atoms with E-state index in [4.69, 9.17) is 14.4 Å². The number of benzene rings is 8. The Kier molecular flexibility index (Phi) is 6.22. The number of hydrogen-bond donors (Lipinski definition) is 0. The van der Waals surface area contributed by atoms with Crippen molar-refractivity contribution in [3.63, 3.8) is 0 Å². The van der Waals surface area contributed by atoms with Crippen LogP contribution < -0.4 is 0 Å². The molecule has 4 heteroatoms. The van der Waals surface area contributed by atoms with Crippen LogP contribution in [0.2, 0.25) is 0 Å². The van der Waals surface area contributed by atoms with Gasteiger partial charge in [0.15, 0.2) is 0 Å². The molecule has 3 heterocycles. The molecule has 0 aliphatic carbocycles. The van der Waals surface area contributed by atoms with Crippen LogP contribution in [0.25, 0.3) is 105 Å². The van der Waals surface area contributed by atoms with Crippen molar-refractivity contribution in [3.8, 4) is 39.5 Å². The smallest absolute Gasteiger partial charge is 0.235 e. The van der Waals surface area contributed by atoms with Crippen LogP contribution in [-0.4, -0.2) is 14.5 Å². The van der Waals surface area contributed by atoms with E-state index >= 15 is 0 Å². The lowest BCUT2D eigenvalue weighted by Gasteiger charge is -2.13. The van der Waals surface area contributed by atoms with Gasteiger partial charge in [0.1, 0.15) is 11.2 Å². The fourth-order valence-electron chi connectivity index (χ4n) is 7.95. The molecule has 0 amide bonds. The number of aromatic nitrogens is 3. The Morgan fingerprint density at radius 2 is 1.04 bits per heavy atom. The summed E-state index contributed by atoms with van der Waals surface area (Å²) in [7, 11) is 0. The summed E-state index contributed by atoms with van der Waals surface area (Å²) >= 11 is 0. The standard InChI is InChI=1S/C48H29N3O/c1-2-11-30(12-3-1)32-13-10-14-35(27-32)47-37-16-4-7-18-41(37)49-48(50-47)51-42-19-8-5-17-38(42)46-39-28-33(22-21-31(39)23-25-43(46)51)34-24-26-45-40(29-34)36-15-6-9-20-44(36)52-45/h1-29H. The number of fused-ring (bicyclic) bond motifs is 9. The summed E-state index contributed by atoms with van der Waals surface area (Å²) in [4.78, 5) is 10.6. The molecule has 0 aliphatic rings. The van der Waals surface area contributed by atoms with Crippen molar-refractivity contribution in [2.45, 2.75) is 0 Å². The first-order chi connectivity index (χ1) is 25.8. The Morgan fingerprint density at radius 1 is 0.385 bits per heavy atom. The Hall–Kier alpha value is -7.04. The van der Waals surface area contributed by atoms with Crippen LogP contribution in [-0.2, 0) is 0 Å². The molecule has 0 bridgehead atoms. The average molecular weight is 664 g/mol. The van der Waals surface area contributed by atoms with Gasteiger partial charge >= 0.3 is 0 Å². The first kappa shape index (κ1) is 28.8. The van der Waals surface area contributed by atoms with Crippen molar-refractivity contribution in [2.75, 3.05) is 0 Å². The van der Waals surface area contributed by atoms with Crippen molar-refractivity contribution in [3.05, 3.63) is 176 Å². The quantitative estimate of drug-likeness (QED) is 0.188. The largest absolute Gasteiger partial charge is 0.456 e. The Balaban J connectivity index is 1.14. The highest BCUT2D eigenvalue weighted by Crippen LogP contribution is 2.40. The van der Waals surface area contributed by atoms with Gasteiger partial charge in [0, 0.05) is 32.5 Å². The third kappa shape index (κ3) is 4.41. The van der Waals surface area contributed by atoms with Gasteiger partial charge in [-0.15, -0.1) is 0 Å². The zero-order valence-corrected chi connectivity index (χ0v) is 28.0. The fraction of sp³-hybridized carbons (Fsp3) is 0. The molecule has 0 unspecified atom stereocenters. The van der Waals surface area contributed by atoms with Gasteiger partial charge < -0.3 is 4.42 Å². The summed E-state index contributed by atoms with van der Waals surface area (Å²) in [5, 5.41) is 8.02. The zero-order chi connectivity index (χ0) is 34.2. The van der Waals surface area contributed by atoms with Crippen LogP contribution in [0.5, 0.6) is 0 Å². The summed E-state index contributed by atoms with van der Waals surface area (Å²) in [5.41, 5.74) is 11.5. The Labute approximate surface area is 298 Å². The van der Waals surface area contributed by atoms with E-state index < -0.39 is 0 Å². The predicted octanol–water partition coefficient (Wildman–Crippen LogP) is 12.8. The highest BCUT2D eigenvalue weighted by molar-refractivity contribution is 6.22. The average Bonchev–Trinajstić information content (AvgIpc) is 3.76. The minimum absolute atomic E-state index is 0.651. The molecular formula is C48H29N3O. The molecule has 0 fully saturated rings. The first-order valence-corrected chi connectivity index (χ1v) is 17.6. The molecule has 4 nitrogen and oxygen atoms in total. The van der Waals surface area contributed by atoms with Crippen molar-refractivity contribution >= 4 is 65.4 Å². The lowest BCUT2D eigenvalue weighted by molar-refractivity contribution is 0.669. The normalized spacial score (nSPS) is 11.8. The second-order valence-corrected chi connectivity index (χ2v) is 13.4. The molecule has 0 spiro atoms. The maximum atomic E-state index is 6.14. The van der Waals surface area contributed by atoms with Crippen LogP contribution in [0.4, 0.5) is 0 Å². The predicted molar refractivity (Wildman–Crippen MR) is 215 cm³/mol. The lowest BCUT2D eigenvalue weighted by atomic mass is 9.97. The van der Waals surface area contributed by atoms with Gasteiger partial charge in [-0.3, -0.25) is 4.57 Å². The van der Waals surface area contributed by atoms with Gasteiger partial charge in [-0.1, -0.05) is 127 Å². The molecule has 0 N–H and O–H groups in total.